The summed E-state index contributed by atoms with van der Waals surface area (Å²) in [6, 6.07) is 3.98. The van der Waals surface area contributed by atoms with Crippen LogP contribution in [0.5, 0.6) is 0 Å². The molecule has 3 heterocycles. The molecule has 0 bridgehead atoms. The van der Waals surface area contributed by atoms with E-state index in [1.807, 2.05) is 18.3 Å². The van der Waals surface area contributed by atoms with Crippen molar-refractivity contribution >= 4 is 17.0 Å². The van der Waals surface area contributed by atoms with Gasteiger partial charge >= 0.3 is 0 Å². The molecule has 0 spiro atoms. The number of nitrogens with one attached hydrogen (secondary N) is 1. The molecule has 0 aromatic carbocycles. The van der Waals surface area contributed by atoms with E-state index in [1.165, 1.54) is 5.56 Å². The lowest BCUT2D eigenvalue weighted by atomic mass is 10.1. The highest BCUT2D eigenvalue weighted by Gasteiger charge is 2.05. The molecule has 0 saturated carbocycles. The molecule has 0 amide bonds. The normalized spacial score (nSPS) is 10.8. The maximum atomic E-state index is 5.45. The number of nitrogens with two attached hydrogens (primary N) is 1. The molecule has 5 nitrogen and oxygen atoms in total. The van der Waals surface area contributed by atoms with Gasteiger partial charge in [-0.25, -0.2) is 15.0 Å². The summed E-state index contributed by atoms with van der Waals surface area (Å²) < 4.78 is 0. The zero-order chi connectivity index (χ0) is 11.7. The highest BCUT2D eigenvalue weighted by Crippen LogP contribution is 2.18. The zero-order valence-electron chi connectivity index (χ0n) is 9.09. The van der Waals surface area contributed by atoms with E-state index < -0.39 is 0 Å². The molecule has 0 fully saturated rings. The van der Waals surface area contributed by atoms with Crippen molar-refractivity contribution in [2.45, 2.75) is 6.42 Å². The number of aromatic amines is 1. The average Bonchev–Trinajstić information content (AvgIpc) is 2.76. The second-order valence-electron chi connectivity index (χ2n) is 3.84. The van der Waals surface area contributed by atoms with Crippen LogP contribution in [0.4, 0.5) is 5.95 Å². The maximum Gasteiger partial charge on any atom is 0.219 e. The summed E-state index contributed by atoms with van der Waals surface area (Å²) in [5.74, 6) is 0.300. The molecule has 0 saturated heterocycles. The van der Waals surface area contributed by atoms with E-state index in [9.17, 15) is 0 Å². The van der Waals surface area contributed by atoms with E-state index in [-0.39, 0.29) is 0 Å². The van der Waals surface area contributed by atoms with Gasteiger partial charge in [-0.05, 0) is 23.3 Å². The van der Waals surface area contributed by atoms with Crippen molar-refractivity contribution in [2.75, 3.05) is 5.73 Å². The van der Waals surface area contributed by atoms with Crippen LogP contribution in [0.1, 0.15) is 11.1 Å². The third-order valence-corrected chi connectivity index (χ3v) is 2.66. The van der Waals surface area contributed by atoms with Crippen molar-refractivity contribution in [1.29, 1.82) is 0 Å². The minimum Gasteiger partial charge on any atom is -0.368 e. The van der Waals surface area contributed by atoms with Crippen molar-refractivity contribution in [3.63, 3.8) is 0 Å². The quantitative estimate of drug-likeness (QED) is 0.693. The first kappa shape index (κ1) is 9.77. The molecule has 3 aromatic heterocycles. The third kappa shape index (κ3) is 1.82. The number of hydrogen-bond donors (Lipinski definition) is 2. The number of pyridine rings is 1. The van der Waals surface area contributed by atoms with Crippen molar-refractivity contribution in [2.24, 2.45) is 0 Å². The number of rotatable bonds is 2. The first-order valence-electron chi connectivity index (χ1n) is 5.30. The van der Waals surface area contributed by atoms with Gasteiger partial charge in [-0.1, -0.05) is 0 Å². The Balaban J connectivity index is 1.97. The standard InChI is InChI=1S/C12H11N5/c13-12-16-5-8(6-17-12)4-9-7-15-11-10(9)2-1-3-14-11/h1-3,5-7H,4H2,(H,14,15)(H2,13,16,17). The van der Waals surface area contributed by atoms with Crippen LogP contribution in [0.2, 0.25) is 0 Å². The summed E-state index contributed by atoms with van der Waals surface area (Å²) >= 11 is 0. The molecule has 0 aliphatic rings. The Morgan fingerprint density at radius 1 is 1.18 bits per heavy atom. The fourth-order valence-electron chi connectivity index (χ4n) is 1.83. The van der Waals surface area contributed by atoms with Crippen molar-refractivity contribution in [1.82, 2.24) is 19.9 Å². The summed E-state index contributed by atoms with van der Waals surface area (Å²) in [7, 11) is 0. The number of anilines is 1. The van der Waals surface area contributed by atoms with Crippen LogP contribution in [-0.2, 0) is 6.42 Å². The van der Waals surface area contributed by atoms with Crippen molar-refractivity contribution in [3.8, 4) is 0 Å². The Morgan fingerprint density at radius 3 is 2.82 bits per heavy atom. The van der Waals surface area contributed by atoms with E-state index in [2.05, 4.69) is 19.9 Å². The van der Waals surface area contributed by atoms with E-state index in [4.69, 9.17) is 5.73 Å². The Hall–Kier alpha value is -2.43. The van der Waals surface area contributed by atoms with Gasteiger partial charge in [0.2, 0.25) is 5.95 Å². The molecular formula is C12H11N5. The van der Waals surface area contributed by atoms with E-state index >= 15 is 0 Å². The van der Waals surface area contributed by atoms with Gasteiger partial charge in [0.05, 0.1) is 0 Å². The van der Waals surface area contributed by atoms with E-state index in [1.54, 1.807) is 18.6 Å². The molecule has 0 aliphatic heterocycles. The summed E-state index contributed by atoms with van der Waals surface area (Å²) in [6.45, 7) is 0. The second-order valence-corrected chi connectivity index (χ2v) is 3.84. The van der Waals surface area contributed by atoms with Gasteiger partial charge < -0.3 is 10.7 Å². The summed E-state index contributed by atoms with van der Waals surface area (Å²) in [4.78, 5) is 15.4. The molecule has 3 aromatic rings. The first-order valence-corrected chi connectivity index (χ1v) is 5.30. The molecule has 3 rings (SSSR count). The third-order valence-electron chi connectivity index (χ3n) is 2.66. The number of hydrogen-bond acceptors (Lipinski definition) is 4. The summed E-state index contributed by atoms with van der Waals surface area (Å²) in [5, 5.41) is 1.13. The maximum absolute atomic E-state index is 5.45. The van der Waals surface area contributed by atoms with Crippen LogP contribution in [0.15, 0.2) is 36.9 Å². The monoisotopic (exact) mass is 225 g/mol. The van der Waals surface area contributed by atoms with Crippen LogP contribution in [0, 0.1) is 0 Å². The van der Waals surface area contributed by atoms with Crippen molar-refractivity contribution < 1.29 is 0 Å². The second kappa shape index (κ2) is 3.86. The number of nitrogens with zero attached hydrogens (tertiary/aromatic N) is 3. The Morgan fingerprint density at radius 2 is 2.00 bits per heavy atom. The molecule has 5 heteroatoms. The number of fused-ring (bicyclic) bond motifs is 1. The molecular weight excluding hydrogens is 214 g/mol. The van der Waals surface area contributed by atoms with Crippen molar-refractivity contribution in [3.05, 3.63) is 48.0 Å². The first-order chi connectivity index (χ1) is 8.33. The lowest BCUT2D eigenvalue weighted by Crippen LogP contribution is -1.96. The van der Waals surface area contributed by atoms with Crippen LogP contribution in [0.3, 0.4) is 0 Å². The van der Waals surface area contributed by atoms with Gasteiger partial charge in [0.25, 0.3) is 0 Å². The molecule has 0 atom stereocenters. The van der Waals surface area contributed by atoms with Crippen LogP contribution in [-0.4, -0.2) is 19.9 Å². The molecule has 84 valence electrons. The van der Waals surface area contributed by atoms with E-state index in [0.717, 1.165) is 23.0 Å². The number of H-pyrrole nitrogens is 1. The zero-order valence-corrected chi connectivity index (χ0v) is 9.09. The Bertz CT molecular complexity index is 641. The van der Waals surface area contributed by atoms with Crippen LogP contribution in [0.25, 0.3) is 11.0 Å². The minimum absolute atomic E-state index is 0.300. The van der Waals surface area contributed by atoms with Gasteiger partial charge in [0.15, 0.2) is 0 Å². The molecule has 3 N–H and O–H groups in total. The van der Waals surface area contributed by atoms with Gasteiger partial charge in [0.1, 0.15) is 5.65 Å². The SMILES string of the molecule is Nc1ncc(Cc2c[nH]c3ncccc23)cn1. The fraction of sp³-hybridized carbons (Fsp3) is 0.0833. The smallest absolute Gasteiger partial charge is 0.219 e. The summed E-state index contributed by atoms with van der Waals surface area (Å²) in [6.07, 6.45) is 8.00. The summed E-state index contributed by atoms with van der Waals surface area (Å²) in [5.41, 5.74) is 8.57. The highest BCUT2D eigenvalue weighted by atomic mass is 15.0. The van der Waals surface area contributed by atoms with Crippen LogP contribution >= 0.6 is 0 Å². The lowest BCUT2D eigenvalue weighted by Gasteiger charge is -1.99. The van der Waals surface area contributed by atoms with Gasteiger partial charge in [-0.15, -0.1) is 0 Å². The predicted molar refractivity (Wildman–Crippen MR) is 65.3 cm³/mol. The predicted octanol–water partition coefficient (Wildman–Crippen LogP) is 1.53. The molecule has 0 radical (unpaired) electrons. The van der Waals surface area contributed by atoms with Gasteiger partial charge in [0, 0.05) is 36.6 Å². The lowest BCUT2D eigenvalue weighted by molar-refractivity contribution is 1.09. The average molecular weight is 225 g/mol. The van der Waals surface area contributed by atoms with Crippen LogP contribution < -0.4 is 5.73 Å². The number of nitrogen functional groups attached to an aromatic ring is 1. The van der Waals surface area contributed by atoms with E-state index in [0.29, 0.717) is 5.95 Å². The van der Waals surface area contributed by atoms with Gasteiger partial charge in [-0.3, -0.25) is 0 Å². The number of aromatic nitrogens is 4. The topological polar surface area (TPSA) is 80.5 Å². The Labute approximate surface area is 97.7 Å². The molecule has 17 heavy (non-hydrogen) atoms. The highest BCUT2D eigenvalue weighted by molar-refractivity contribution is 5.79. The molecule has 0 aliphatic carbocycles. The molecule has 0 unspecified atom stereocenters. The fourth-order valence-corrected chi connectivity index (χ4v) is 1.83. The largest absolute Gasteiger partial charge is 0.368 e. The van der Waals surface area contributed by atoms with Gasteiger partial charge in [-0.2, -0.15) is 0 Å². The minimum atomic E-state index is 0.300. The Kier molecular flexibility index (Phi) is 2.22.